The minimum absolute atomic E-state index is 0.436. The van der Waals surface area contributed by atoms with Gasteiger partial charge in [0.1, 0.15) is 5.82 Å². The van der Waals surface area contributed by atoms with E-state index >= 15 is 0 Å². The van der Waals surface area contributed by atoms with Gasteiger partial charge in [0, 0.05) is 24.8 Å². The Labute approximate surface area is 102 Å². The number of nitrogens with zero attached hydrogens (tertiary/aromatic N) is 2. The maximum atomic E-state index is 9.84. The second-order valence-electron chi connectivity index (χ2n) is 4.45. The maximum Gasteiger partial charge on any atom is 0.133 e. The molecule has 0 aliphatic carbocycles. The Morgan fingerprint density at radius 2 is 2.19 bits per heavy atom. The number of pyridine rings is 1. The normalized spacial score (nSPS) is 11.6. The molecule has 1 aromatic rings. The van der Waals surface area contributed by atoms with Crippen LogP contribution in [0, 0.1) is 0 Å². The predicted octanol–water partition coefficient (Wildman–Crippen LogP) is 2.42. The zero-order valence-electron chi connectivity index (χ0n) is 10.1. The van der Waals surface area contributed by atoms with Crippen molar-refractivity contribution in [3.63, 3.8) is 0 Å². The molecular weight excluding hydrogens is 224 g/mol. The molecule has 4 heteroatoms. The van der Waals surface area contributed by atoms with Gasteiger partial charge in [-0.25, -0.2) is 4.98 Å². The molecule has 0 aromatic carbocycles. The summed E-state index contributed by atoms with van der Waals surface area (Å²) in [5.74, 6) is 1.30. The number of likely N-dealkylation sites (N-methyl/N-ethyl adjacent to an activating group) is 1. The fraction of sp³-hybridized carbons (Fsp3) is 0.583. The van der Waals surface area contributed by atoms with Crippen LogP contribution < -0.4 is 4.90 Å². The fourth-order valence-electron chi connectivity index (χ4n) is 1.62. The molecule has 0 atom stereocenters. The summed E-state index contributed by atoms with van der Waals surface area (Å²) in [6, 6.07) is 3.83. The summed E-state index contributed by atoms with van der Waals surface area (Å²) in [6.07, 6.45) is 1.75. The Bertz CT molecular complexity index is 336. The number of halogens is 1. The van der Waals surface area contributed by atoms with E-state index in [1.807, 2.05) is 24.0 Å². The maximum absolute atomic E-state index is 9.84. The molecule has 0 fully saturated rings. The summed E-state index contributed by atoms with van der Waals surface area (Å²) in [4.78, 5) is 6.37. The molecule has 0 aliphatic rings. The highest BCUT2D eigenvalue weighted by Crippen LogP contribution is 2.20. The predicted molar refractivity (Wildman–Crippen MR) is 68.0 cm³/mol. The molecule has 90 valence electrons. The third-order valence-corrected chi connectivity index (χ3v) is 2.56. The van der Waals surface area contributed by atoms with Crippen molar-refractivity contribution < 1.29 is 5.11 Å². The summed E-state index contributed by atoms with van der Waals surface area (Å²) in [5, 5.41) is 9.84. The van der Waals surface area contributed by atoms with Crippen LogP contribution in [0.1, 0.15) is 26.3 Å². The van der Waals surface area contributed by atoms with Crippen LogP contribution in [-0.4, -0.2) is 28.8 Å². The Kier molecular flexibility index (Phi) is 4.56. The molecule has 0 radical (unpaired) electrons. The standard InChI is InChI=1S/C12H19ClN2O/c1-4-15(9-12(2,3)16)11-10(8-13)6-5-7-14-11/h5-7,16H,4,8-9H2,1-3H3. The Hall–Kier alpha value is -0.800. The SMILES string of the molecule is CCN(CC(C)(C)O)c1ncccc1CCl. The molecule has 1 aromatic heterocycles. The van der Waals surface area contributed by atoms with Crippen LogP contribution in [0.15, 0.2) is 18.3 Å². The number of hydrogen-bond acceptors (Lipinski definition) is 3. The number of aliphatic hydroxyl groups is 1. The van der Waals surface area contributed by atoms with Crippen molar-refractivity contribution >= 4 is 17.4 Å². The number of rotatable bonds is 5. The topological polar surface area (TPSA) is 36.4 Å². The van der Waals surface area contributed by atoms with E-state index in [2.05, 4.69) is 4.98 Å². The Balaban J connectivity index is 2.94. The Morgan fingerprint density at radius 1 is 1.50 bits per heavy atom. The lowest BCUT2D eigenvalue weighted by atomic mass is 10.1. The van der Waals surface area contributed by atoms with E-state index in [0.29, 0.717) is 12.4 Å². The number of alkyl halides is 1. The zero-order chi connectivity index (χ0) is 12.2. The lowest BCUT2D eigenvalue weighted by Gasteiger charge is -2.30. The van der Waals surface area contributed by atoms with Gasteiger partial charge < -0.3 is 10.0 Å². The highest BCUT2D eigenvalue weighted by atomic mass is 35.5. The van der Waals surface area contributed by atoms with Crippen LogP contribution in [0.3, 0.4) is 0 Å². The van der Waals surface area contributed by atoms with E-state index in [-0.39, 0.29) is 0 Å². The van der Waals surface area contributed by atoms with Gasteiger partial charge in [0.25, 0.3) is 0 Å². The molecule has 1 rings (SSSR count). The van der Waals surface area contributed by atoms with Crippen LogP contribution >= 0.6 is 11.6 Å². The fourth-order valence-corrected chi connectivity index (χ4v) is 1.83. The van der Waals surface area contributed by atoms with Crippen molar-refractivity contribution in [1.82, 2.24) is 4.98 Å². The van der Waals surface area contributed by atoms with Gasteiger partial charge in [-0.3, -0.25) is 0 Å². The quantitative estimate of drug-likeness (QED) is 0.806. The number of hydrogen-bond donors (Lipinski definition) is 1. The molecule has 0 aliphatic heterocycles. The lowest BCUT2D eigenvalue weighted by Crippen LogP contribution is -2.39. The van der Waals surface area contributed by atoms with Gasteiger partial charge in [0.05, 0.1) is 11.5 Å². The third kappa shape index (κ3) is 3.65. The monoisotopic (exact) mass is 242 g/mol. The van der Waals surface area contributed by atoms with Crippen molar-refractivity contribution in [3.05, 3.63) is 23.9 Å². The largest absolute Gasteiger partial charge is 0.389 e. The molecule has 0 amide bonds. The highest BCUT2D eigenvalue weighted by molar-refractivity contribution is 6.17. The first-order valence-electron chi connectivity index (χ1n) is 5.45. The van der Waals surface area contributed by atoms with E-state index in [1.165, 1.54) is 0 Å². The highest BCUT2D eigenvalue weighted by Gasteiger charge is 2.19. The molecule has 3 nitrogen and oxygen atoms in total. The van der Waals surface area contributed by atoms with Gasteiger partial charge in [0.15, 0.2) is 0 Å². The summed E-state index contributed by atoms with van der Waals surface area (Å²) in [6.45, 7) is 6.96. The molecule has 0 spiro atoms. The average molecular weight is 243 g/mol. The summed E-state index contributed by atoms with van der Waals surface area (Å²) in [5.41, 5.74) is 0.257. The van der Waals surface area contributed by atoms with Gasteiger partial charge in [0.2, 0.25) is 0 Å². The first-order valence-corrected chi connectivity index (χ1v) is 5.98. The minimum Gasteiger partial charge on any atom is -0.389 e. The minimum atomic E-state index is -0.739. The van der Waals surface area contributed by atoms with Crippen LogP contribution in [0.2, 0.25) is 0 Å². The molecular formula is C12H19ClN2O. The van der Waals surface area contributed by atoms with E-state index in [0.717, 1.165) is 17.9 Å². The van der Waals surface area contributed by atoms with Crippen molar-refractivity contribution in [2.24, 2.45) is 0 Å². The third-order valence-electron chi connectivity index (χ3n) is 2.27. The smallest absolute Gasteiger partial charge is 0.133 e. The van der Waals surface area contributed by atoms with Gasteiger partial charge in [-0.1, -0.05) is 6.07 Å². The second kappa shape index (κ2) is 5.51. The van der Waals surface area contributed by atoms with Crippen molar-refractivity contribution in [2.45, 2.75) is 32.3 Å². The van der Waals surface area contributed by atoms with Crippen LogP contribution in [-0.2, 0) is 5.88 Å². The van der Waals surface area contributed by atoms with Gasteiger partial charge in [-0.15, -0.1) is 11.6 Å². The van der Waals surface area contributed by atoms with E-state index < -0.39 is 5.60 Å². The summed E-state index contributed by atoms with van der Waals surface area (Å²) < 4.78 is 0. The van der Waals surface area contributed by atoms with Crippen molar-refractivity contribution in [1.29, 1.82) is 0 Å². The molecule has 16 heavy (non-hydrogen) atoms. The average Bonchev–Trinajstić information content (AvgIpc) is 2.24. The van der Waals surface area contributed by atoms with Crippen molar-refractivity contribution in [2.75, 3.05) is 18.0 Å². The molecule has 1 N–H and O–H groups in total. The van der Waals surface area contributed by atoms with Crippen LogP contribution in [0.5, 0.6) is 0 Å². The first-order chi connectivity index (χ1) is 7.48. The van der Waals surface area contributed by atoms with E-state index in [4.69, 9.17) is 11.6 Å². The van der Waals surface area contributed by atoms with E-state index in [9.17, 15) is 5.11 Å². The van der Waals surface area contributed by atoms with Crippen LogP contribution in [0.4, 0.5) is 5.82 Å². The van der Waals surface area contributed by atoms with Gasteiger partial charge >= 0.3 is 0 Å². The number of aromatic nitrogens is 1. The first kappa shape index (κ1) is 13.3. The second-order valence-corrected chi connectivity index (χ2v) is 4.71. The lowest BCUT2D eigenvalue weighted by molar-refractivity contribution is 0.0874. The van der Waals surface area contributed by atoms with Gasteiger partial charge in [-0.05, 0) is 26.8 Å². The summed E-state index contributed by atoms with van der Waals surface area (Å²) >= 11 is 5.88. The Morgan fingerprint density at radius 3 is 2.69 bits per heavy atom. The zero-order valence-corrected chi connectivity index (χ0v) is 10.8. The van der Waals surface area contributed by atoms with Gasteiger partial charge in [-0.2, -0.15) is 0 Å². The molecule has 0 saturated heterocycles. The number of anilines is 1. The molecule has 0 unspecified atom stereocenters. The van der Waals surface area contributed by atoms with Crippen LogP contribution in [0.25, 0.3) is 0 Å². The molecule has 0 bridgehead atoms. The molecule has 0 saturated carbocycles. The molecule has 1 heterocycles. The van der Waals surface area contributed by atoms with Crippen molar-refractivity contribution in [3.8, 4) is 0 Å². The van der Waals surface area contributed by atoms with E-state index in [1.54, 1.807) is 20.0 Å². The summed E-state index contributed by atoms with van der Waals surface area (Å²) in [7, 11) is 0.